The summed E-state index contributed by atoms with van der Waals surface area (Å²) in [6.45, 7) is 3.87. The lowest BCUT2D eigenvalue weighted by Crippen LogP contribution is -2.13. The number of hydrogen-bond acceptors (Lipinski definition) is 4. The van der Waals surface area contributed by atoms with Crippen molar-refractivity contribution < 1.29 is 9.53 Å². The summed E-state index contributed by atoms with van der Waals surface area (Å²) in [4.78, 5) is 20.7. The molecule has 2 aromatic heterocycles. The van der Waals surface area contributed by atoms with Crippen LogP contribution >= 0.6 is 0 Å². The molecule has 0 atom stereocenters. The average Bonchev–Trinajstić information content (AvgIpc) is 2.80. The number of fused-ring (bicyclic) bond motifs is 1. The third-order valence-corrected chi connectivity index (χ3v) is 3.92. The van der Waals surface area contributed by atoms with Gasteiger partial charge in [-0.2, -0.15) is 0 Å². The number of ether oxygens (including phenoxy) is 1. The smallest absolute Gasteiger partial charge is 0.224 e. The predicted octanol–water partition coefficient (Wildman–Crippen LogP) is 2.85. The minimum Gasteiger partial charge on any atom is -0.469 e. The maximum Gasteiger partial charge on any atom is 0.224 e. The number of benzene rings is 1. The third kappa shape index (κ3) is 2.45. The van der Waals surface area contributed by atoms with Crippen LogP contribution in [-0.2, 0) is 7.05 Å². The fourth-order valence-corrected chi connectivity index (χ4v) is 2.44. The molecule has 0 spiro atoms. The zero-order chi connectivity index (χ0) is 15.7. The molecule has 0 amide bonds. The van der Waals surface area contributed by atoms with Crippen molar-refractivity contribution in [3.8, 4) is 5.88 Å². The van der Waals surface area contributed by atoms with Gasteiger partial charge in [0.2, 0.25) is 11.7 Å². The lowest BCUT2D eigenvalue weighted by molar-refractivity contribution is 0.0918. The molecule has 2 heterocycles. The summed E-state index contributed by atoms with van der Waals surface area (Å²) in [5.41, 5.74) is 3.48. The van der Waals surface area contributed by atoms with Crippen LogP contribution in [0.2, 0.25) is 0 Å². The average molecular weight is 295 g/mol. The Morgan fingerprint density at radius 3 is 2.73 bits per heavy atom. The fraction of sp³-hybridized carbons (Fsp3) is 0.235. The summed E-state index contributed by atoms with van der Waals surface area (Å²) in [5, 5.41) is 0.804. The van der Waals surface area contributed by atoms with Crippen molar-refractivity contribution in [1.82, 2.24) is 14.5 Å². The summed E-state index contributed by atoms with van der Waals surface area (Å²) < 4.78 is 7.62. The van der Waals surface area contributed by atoms with Gasteiger partial charge in [-0.05, 0) is 32.0 Å². The highest BCUT2D eigenvalue weighted by molar-refractivity contribution is 5.98. The van der Waals surface area contributed by atoms with E-state index in [4.69, 9.17) is 4.74 Å². The molecule has 0 unspecified atom stereocenters. The van der Waals surface area contributed by atoms with Crippen LogP contribution in [0.3, 0.4) is 0 Å². The molecule has 112 valence electrons. The molecule has 0 radical (unpaired) electrons. The number of aromatic nitrogens is 3. The number of rotatable bonds is 4. The second kappa shape index (κ2) is 5.60. The van der Waals surface area contributed by atoms with Crippen LogP contribution in [-0.4, -0.2) is 26.9 Å². The Kier molecular flexibility index (Phi) is 3.63. The molecule has 5 nitrogen and oxygen atoms in total. The Morgan fingerprint density at radius 2 is 2.00 bits per heavy atom. The SMILES string of the molecule is Cc1cc(C(=O)COc2ncnc3ccccc23)c(C)n1C. The topological polar surface area (TPSA) is 57.0 Å². The van der Waals surface area contributed by atoms with Crippen LogP contribution in [0.1, 0.15) is 21.7 Å². The normalized spacial score (nSPS) is 10.9. The van der Waals surface area contributed by atoms with E-state index in [-0.39, 0.29) is 12.4 Å². The molecule has 0 N–H and O–H groups in total. The van der Waals surface area contributed by atoms with Crippen molar-refractivity contribution in [1.29, 1.82) is 0 Å². The monoisotopic (exact) mass is 295 g/mol. The van der Waals surface area contributed by atoms with Crippen molar-refractivity contribution in [2.24, 2.45) is 7.05 Å². The van der Waals surface area contributed by atoms with Gasteiger partial charge in [0.15, 0.2) is 6.61 Å². The van der Waals surface area contributed by atoms with E-state index in [1.807, 2.05) is 55.8 Å². The molecular formula is C17H17N3O2. The molecule has 3 rings (SSSR count). The second-order valence-corrected chi connectivity index (χ2v) is 5.25. The number of carbonyl (C=O) groups is 1. The molecule has 0 aliphatic heterocycles. The van der Waals surface area contributed by atoms with Crippen molar-refractivity contribution >= 4 is 16.7 Å². The van der Waals surface area contributed by atoms with Crippen molar-refractivity contribution in [2.75, 3.05) is 6.61 Å². The van der Waals surface area contributed by atoms with Gasteiger partial charge in [-0.25, -0.2) is 9.97 Å². The zero-order valence-electron chi connectivity index (χ0n) is 12.8. The van der Waals surface area contributed by atoms with Crippen molar-refractivity contribution in [3.63, 3.8) is 0 Å². The first-order valence-electron chi connectivity index (χ1n) is 7.06. The number of para-hydroxylation sites is 1. The molecule has 1 aromatic carbocycles. The standard InChI is InChI=1S/C17H17N3O2/c1-11-8-14(12(2)20(11)3)16(21)9-22-17-13-6-4-5-7-15(13)18-10-19-17/h4-8,10H,9H2,1-3H3. The number of nitrogens with zero attached hydrogens (tertiary/aromatic N) is 3. The fourth-order valence-electron chi connectivity index (χ4n) is 2.44. The summed E-state index contributed by atoms with van der Waals surface area (Å²) in [7, 11) is 1.94. The van der Waals surface area contributed by atoms with Gasteiger partial charge in [0.25, 0.3) is 0 Å². The number of aryl methyl sites for hydroxylation is 1. The van der Waals surface area contributed by atoms with E-state index in [9.17, 15) is 4.79 Å². The van der Waals surface area contributed by atoms with E-state index < -0.39 is 0 Å². The van der Waals surface area contributed by atoms with Crippen LogP contribution in [0.4, 0.5) is 0 Å². The first-order valence-corrected chi connectivity index (χ1v) is 7.06. The molecule has 3 aromatic rings. The molecular weight excluding hydrogens is 278 g/mol. The molecule has 0 aliphatic rings. The van der Waals surface area contributed by atoms with Gasteiger partial charge < -0.3 is 9.30 Å². The molecule has 22 heavy (non-hydrogen) atoms. The van der Waals surface area contributed by atoms with Gasteiger partial charge in [0, 0.05) is 24.0 Å². The highest BCUT2D eigenvalue weighted by Gasteiger charge is 2.15. The van der Waals surface area contributed by atoms with Crippen LogP contribution < -0.4 is 4.74 Å². The highest BCUT2D eigenvalue weighted by Crippen LogP contribution is 2.21. The molecule has 0 aliphatic carbocycles. The number of hydrogen-bond donors (Lipinski definition) is 0. The number of ketones is 1. The van der Waals surface area contributed by atoms with Crippen LogP contribution in [0.15, 0.2) is 36.7 Å². The maximum atomic E-state index is 12.4. The Labute approximate surface area is 128 Å². The molecule has 5 heteroatoms. The van der Waals surface area contributed by atoms with Gasteiger partial charge in [-0.15, -0.1) is 0 Å². The third-order valence-electron chi connectivity index (χ3n) is 3.92. The Bertz CT molecular complexity index is 847. The number of Topliss-reactive ketones (excluding diaryl/α,β-unsaturated/α-hetero) is 1. The van der Waals surface area contributed by atoms with E-state index in [0.29, 0.717) is 11.4 Å². The maximum absolute atomic E-state index is 12.4. The molecule has 0 fully saturated rings. The van der Waals surface area contributed by atoms with Gasteiger partial charge in [0.1, 0.15) is 6.33 Å². The first kappa shape index (κ1) is 14.3. The Balaban J connectivity index is 1.82. The Morgan fingerprint density at radius 1 is 1.23 bits per heavy atom. The Hall–Kier alpha value is -2.69. The van der Waals surface area contributed by atoms with E-state index in [0.717, 1.165) is 22.3 Å². The van der Waals surface area contributed by atoms with E-state index in [1.54, 1.807) is 0 Å². The minimum atomic E-state index is -0.0520. The minimum absolute atomic E-state index is 0.0364. The van der Waals surface area contributed by atoms with E-state index in [2.05, 4.69) is 9.97 Å². The lowest BCUT2D eigenvalue weighted by Gasteiger charge is -2.07. The van der Waals surface area contributed by atoms with E-state index in [1.165, 1.54) is 6.33 Å². The second-order valence-electron chi connectivity index (χ2n) is 5.25. The van der Waals surface area contributed by atoms with Gasteiger partial charge in [0.05, 0.1) is 10.9 Å². The zero-order valence-corrected chi connectivity index (χ0v) is 12.8. The van der Waals surface area contributed by atoms with E-state index >= 15 is 0 Å². The number of carbonyl (C=O) groups excluding carboxylic acids is 1. The highest BCUT2D eigenvalue weighted by atomic mass is 16.5. The molecule has 0 saturated heterocycles. The first-order chi connectivity index (χ1) is 10.6. The largest absolute Gasteiger partial charge is 0.469 e. The van der Waals surface area contributed by atoms with Crippen molar-refractivity contribution in [2.45, 2.75) is 13.8 Å². The van der Waals surface area contributed by atoms with Crippen LogP contribution in [0.25, 0.3) is 10.9 Å². The predicted molar refractivity (Wildman–Crippen MR) is 84.3 cm³/mol. The summed E-state index contributed by atoms with van der Waals surface area (Å²) in [5.74, 6) is 0.383. The van der Waals surface area contributed by atoms with Crippen molar-refractivity contribution in [3.05, 3.63) is 53.6 Å². The molecule has 0 saturated carbocycles. The van der Waals surface area contributed by atoms with Crippen LogP contribution in [0, 0.1) is 13.8 Å². The summed E-state index contributed by atoms with van der Waals surface area (Å²) in [6.07, 6.45) is 1.44. The van der Waals surface area contributed by atoms with Gasteiger partial charge in [-0.1, -0.05) is 12.1 Å². The summed E-state index contributed by atoms with van der Waals surface area (Å²) >= 11 is 0. The summed E-state index contributed by atoms with van der Waals surface area (Å²) in [6, 6.07) is 9.45. The quantitative estimate of drug-likeness (QED) is 0.694. The van der Waals surface area contributed by atoms with Gasteiger partial charge >= 0.3 is 0 Å². The lowest BCUT2D eigenvalue weighted by atomic mass is 10.1. The molecule has 0 bridgehead atoms. The van der Waals surface area contributed by atoms with Gasteiger partial charge in [-0.3, -0.25) is 4.79 Å². The van der Waals surface area contributed by atoms with Crippen LogP contribution in [0.5, 0.6) is 5.88 Å².